The Morgan fingerprint density at radius 3 is 2.79 bits per heavy atom. The smallest absolute Gasteiger partial charge is 0.271 e. The highest BCUT2D eigenvalue weighted by Gasteiger charge is 2.20. The normalized spacial score (nSPS) is 15.0. The van der Waals surface area contributed by atoms with E-state index in [0.717, 1.165) is 5.69 Å². The van der Waals surface area contributed by atoms with E-state index < -0.39 is 0 Å². The summed E-state index contributed by atoms with van der Waals surface area (Å²) in [5.74, 6) is 0.634. The zero-order valence-corrected chi connectivity index (χ0v) is 18.5. The van der Waals surface area contributed by atoms with Crippen LogP contribution in [-0.2, 0) is 0 Å². The van der Waals surface area contributed by atoms with Crippen molar-refractivity contribution >= 4 is 34.5 Å². The van der Waals surface area contributed by atoms with Gasteiger partial charge in [-0.1, -0.05) is 39.2 Å². The second kappa shape index (κ2) is 9.18. The highest BCUT2D eigenvalue weighted by atomic mass is 32.2. The molecule has 2 aromatic heterocycles. The average molecular weight is 426 g/mol. The van der Waals surface area contributed by atoms with Gasteiger partial charge in [-0.05, 0) is 37.1 Å². The summed E-state index contributed by atoms with van der Waals surface area (Å²) in [7, 11) is 0. The van der Waals surface area contributed by atoms with Crippen molar-refractivity contribution in [2.45, 2.75) is 62.0 Å². The van der Waals surface area contributed by atoms with Gasteiger partial charge >= 0.3 is 0 Å². The van der Waals surface area contributed by atoms with Gasteiger partial charge in [-0.3, -0.25) is 4.79 Å². The minimum absolute atomic E-state index is 0.116. The Kier molecular flexibility index (Phi) is 6.40. The van der Waals surface area contributed by atoms with Crippen LogP contribution in [0.25, 0.3) is 10.4 Å². The van der Waals surface area contributed by atoms with E-state index in [0.29, 0.717) is 16.9 Å². The molecule has 1 saturated carbocycles. The molecule has 1 aliphatic carbocycles. The lowest BCUT2D eigenvalue weighted by Gasteiger charge is -2.19. The Morgan fingerprint density at radius 2 is 2.03 bits per heavy atom. The first-order chi connectivity index (χ1) is 14.1. The van der Waals surface area contributed by atoms with Gasteiger partial charge in [-0.25, -0.2) is 4.98 Å². The molecule has 6 heteroatoms. The van der Waals surface area contributed by atoms with Gasteiger partial charge < -0.3 is 10.3 Å². The lowest BCUT2D eigenvalue weighted by Crippen LogP contribution is -2.09. The van der Waals surface area contributed by atoms with Crippen molar-refractivity contribution in [2.24, 2.45) is 0 Å². The fourth-order valence-corrected chi connectivity index (χ4v) is 5.98. The van der Waals surface area contributed by atoms with E-state index in [2.05, 4.69) is 36.3 Å². The first-order valence-corrected chi connectivity index (χ1v) is 12.0. The molecule has 2 heterocycles. The van der Waals surface area contributed by atoms with Crippen molar-refractivity contribution in [3.05, 3.63) is 58.1 Å². The number of rotatable bonds is 6. The maximum absolute atomic E-state index is 12.0. The molecule has 0 saturated heterocycles. The fourth-order valence-electron chi connectivity index (χ4n) is 3.78. The summed E-state index contributed by atoms with van der Waals surface area (Å²) >= 11 is 3.69. The second-order valence-corrected chi connectivity index (χ2v) is 10.5. The van der Waals surface area contributed by atoms with Crippen LogP contribution < -0.4 is 10.9 Å². The maximum Gasteiger partial charge on any atom is 0.271 e. The largest absolute Gasteiger partial charge is 0.351 e. The predicted molar refractivity (Wildman–Crippen MR) is 125 cm³/mol. The van der Waals surface area contributed by atoms with Crippen LogP contribution in [0, 0.1) is 0 Å². The number of thioether (sulfide) groups is 1. The van der Waals surface area contributed by atoms with E-state index in [9.17, 15) is 4.79 Å². The molecule has 29 heavy (non-hydrogen) atoms. The molecule has 0 unspecified atom stereocenters. The van der Waals surface area contributed by atoms with Crippen LogP contribution in [0.3, 0.4) is 0 Å². The van der Waals surface area contributed by atoms with Gasteiger partial charge in [-0.15, -0.1) is 23.1 Å². The van der Waals surface area contributed by atoms with Crippen molar-refractivity contribution in [3.63, 3.8) is 0 Å². The van der Waals surface area contributed by atoms with Crippen LogP contribution in [0.15, 0.2) is 52.4 Å². The Labute approximate surface area is 180 Å². The Bertz CT molecular complexity index is 1020. The molecule has 4 nitrogen and oxygen atoms in total. The van der Waals surface area contributed by atoms with Gasteiger partial charge in [-0.2, -0.15) is 0 Å². The predicted octanol–water partition coefficient (Wildman–Crippen LogP) is 6.79. The van der Waals surface area contributed by atoms with E-state index in [1.807, 2.05) is 41.4 Å². The topological polar surface area (TPSA) is 57.8 Å². The summed E-state index contributed by atoms with van der Waals surface area (Å²) in [5, 5.41) is 5.01. The molecule has 1 aromatic carbocycles. The summed E-state index contributed by atoms with van der Waals surface area (Å²) in [4.78, 5) is 21.9. The number of nitrogens with zero attached hydrogens (tertiary/aromatic N) is 1. The minimum Gasteiger partial charge on any atom is -0.351 e. The van der Waals surface area contributed by atoms with Gasteiger partial charge in [0.25, 0.3) is 5.56 Å². The van der Waals surface area contributed by atoms with Crippen LogP contribution in [-0.4, -0.2) is 15.2 Å². The lowest BCUT2D eigenvalue weighted by molar-refractivity contribution is 0.442. The van der Waals surface area contributed by atoms with Gasteiger partial charge in [0.15, 0.2) is 0 Å². The zero-order valence-electron chi connectivity index (χ0n) is 16.9. The number of nitrogens with one attached hydrogen (secondary N) is 2. The first kappa shape index (κ1) is 20.2. The third-order valence-electron chi connectivity index (χ3n) is 5.18. The number of aromatic nitrogens is 2. The molecule has 1 aliphatic rings. The molecular formula is C23H27N3OS2. The van der Waals surface area contributed by atoms with Gasteiger partial charge in [0, 0.05) is 39.7 Å². The molecule has 4 rings (SSSR count). The van der Waals surface area contributed by atoms with Crippen LogP contribution in [0.4, 0.5) is 11.4 Å². The van der Waals surface area contributed by atoms with Gasteiger partial charge in [0.05, 0.1) is 9.88 Å². The summed E-state index contributed by atoms with van der Waals surface area (Å²) in [5.41, 5.74) is 2.59. The first-order valence-electron chi connectivity index (χ1n) is 10.3. The number of anilines is 2. The molecule has 1 fully saturated rings. The molecule has 2 N–H and O–H groups in total. The number of aromatic amines is 1. The third-order valence-corrected chi connectivity index (χ3v) is 7.44. The van der Waals surface area contributed by atoms with Crippen LogP contribution in [0.5, 0.6) is 0 Å². The Balaban J connectivity index is 1.63. The molecule has 0 spiro atoms. The number of hydrogen-bond acceptors (Lipinski definition) is 5. The fraction of sp³-hybridized carbons (Fsp3) is 0.391. The Morgan fingerprint density at radius 1 is 1.21 bits per heavy atom. The van der Waals surface area contributed by atoms with Crippen LogP contribution in [0.2, 0.25) is 0 Å². The molecule has 3 aromatic rings. The third kappa shape index (κ3) is 4.93. The molecule has 0 aliphatic heterocycles. The SMILES string of the molecule is CC(C)Sc1cc(Nc2ccc[nH]c2=O)ccc1-c1cnc(C2CCCCC2)s1. The van der Waals surface area contributed by atoms with Crippen molar-refractivity contribution in [3.8, 4) is 10.4 Å². The summed E-state index contributed by atoms with van der Waals surface area (Å²) in [6.07, 6.45) is 10.3. The van der Waals surface area contributed by atoms with E-state index in [1.54, 1.807) is 12.3 Å². The lowest BCUT2D eigenvalue weighted by atomic mass is 9.90. The Hall–Kier alpha value is -2.05. The minimum atomic E-state index is -0.116. The highest BCUT2D eigenvalue weighted by Crippen LogP contribution is 2.41. The van der Waals surface area contributed by atoms with Gasteiger partial charge in [0.1, 0.15) is 5.69 Å². The van der Waals surface area contributed by atoms with E-state index in [4.69, 9.17) is 4.98 Å². The number of benzene rings is 1. The summed E-state index contributed by atoms with van der Waals surface area (Å²) < 4.78 is 0. The summed E-state index contributed by atoms with van der Waals surface area (Å²) in [6.45, 7) is 4.41. The molecule has 152 valence electrons. The van der Waals surface area contributed by atoms with Crippen molar-refractivity contribution < 1.29 is 0 Å². The van der Waals surface area contributed by atoms with Gasteiger partial charge in [0.2, 0.25) is 0 Å². The number of thiazole rings is 1. The molecule has 0 bridgehead atoms. The van der Waals surface area contributed by atoms with Crippen molar-refractivity contribution in [2.75, 3.05) is 5.32 Å². The van der Waals surface area contributed by atoms with Crippen LogP contribution >= 0.6 is 23.1 Å². The summed E-state index contributed by atoms with van der Waals surface area (Å²) in [6, 6.07) is 9.97. The molecule has 0 atom stereocenters. The zero-order chi connectivity index (χ0) is 20.2. The standard InChI is InChI=1S/C23H27N3OS2/c1-15(2)28-20-13-17(26-19-9-6-12-24-22(19)27)10-11-18(20)21-14-25-23(29-21)16-7-4-3-5-8-16/h6,9-16,26H,3-5,7-8H2,1-2H3,(H,24,27). The monoisotopic (exact) mass is 425 g/mol. The number of H-pyrrole nitrogens is 1. The van der Waals surface area contributed by atoms with Crippen molar-refractivity contribution in [1.82, 2.24) is 9.97 Å². The molecule has 0 radical (unpaired) electrons. The van der Waals surface area contributed by atoms with Crippen LogP contribution in [0.1, 0.15) is 56.9 Å². The quantitative estimate of drug-likeness (QED) is 0.427. The van der Waals surface area contributed by atoms with E-state index in [1.165, 1.54) is 52.4 Å². The highest BCUT2D eigenvalue weighted by molar-refractivity contribution is 8.00. The number of pyridine rings is 1. The molecule has 0 amide bonds. The van der Waals surface area contributed by atoms with E-state index in [-0.39, 0.29) is 5.56 Å². The molecular weight excluding hydrogens is 398 g/mol. The number of hydrogen-bond donors (Lipinski definition) is 2. The second-order valence-electron chi connectivity index (χ2n) is 7.81. The van der Waals surface area contributed by atoms with Crippen molar-refractivity contribution in [1.29, 1.82) is 0 Å². The average Bonchev–Trinajstić information content (AvgIpc) is 3.20. The van der Waals surface area contributed by atoms with E-state index >= 15 is 0 Å². The maximum atomic E-state index is 12.0.